The molecule has 0 saturated carbocycles. The van der Waals surface area contributed by atoms with Gasteiger partial charge in [0.1, 0.15) is 36.5 Å². The second-order valence-electron chi connectivity index (χ2n) is 19.0. The Hall–Kier alpha value is -3.91. The van der Waals surface area contributed by atoms with Crippen molar-refractivity contribution in [1.82, 2.24) is 21.3 Å². The first kappa shape index (κ1) is 64.1. The number of amides is 4. The van der Waals surface area contributed by atoms with E-state index in [1.807, 2.05) is 20.8 Å². The van der Waals surface area contributed by atoms with Crippen LogP contribution in [0, 0.1) is 0 Å². The third kappa shape index (κ3) is 44.6. The molecule has 4 amide bonds. The Morgan fingerprint density at radius 2 is 0.882 bits per heavy atom. The van der Waals surface area contributed by atoms with E-state index in [9.17, 15) is 33.6 Å². The fourth-order valence-corrected chi connectivity index (χ4v) is 6.56. The zero-order valence-electron chi connectivity index (χ0n) is 42.6. The first-order chi connectivity index (χ1) is 32.3. The molecule has 19 nitrogen and oxygen atoms in total. The molecule has 0 aliphatic heterocycles. The summed E-state index contributed by atoms with van der Waals surface area (Å²) in [5.41, 5.74) is 4.27. The number of ether oxygens (including phenoxy) is 6. The van der Waals surface area contributed by atoms with Crippen LogP contribution >= 0.6 is 0 Å². The fourth-order valence-electron chi connectivity index (χ4n) is 6.56. The normalized spacial score (nSPS) is 12.5. The lowest BCUT2D eigenvalue weighted by Gasteiger charge is -2.24. The number of aliphatic carboxylic acids is 1. The van der Waals surface area contributed by atoms with E-state index >= 15 is 0 Å². The Kier molecular flexibility index (Phi) is 38.6. The molecule has 7 N–H and O–H groups in total. The molecule has 0 heterocycles. The Morgan fingerprint density at radius 1 is 0.456 bits per heavy atom. The van der Waals surface area contributed by atoms with Crippen molar-refractivity contribution in [3.05, 3.63) is 0 Å². The van der Waals surface area contributed by atoms with Gasteiger partial charge in [-0.15, -0.1) is 0 Å². The SMILES string of the molecule is CC(C)(C)OC(=O)CCCCCCCCCCCCCCCCC(=O)N[C@@H](CCC(=O)NCCOCCOCC(=O)NCCOCCOCC(=O)NCCCC[C@H](N)C(=O)O)C(=O)OC(C)(C)C. The highest BCUT2D eigenvalue weighted by Gasteiger charge is 2.27. The molecule has 0 bridgehead atoms. The van der Waals surface area contributed by atoms with Crippen LogP contribution in [0.3, 0.4) is 0 Å². The van der Waals surface area contributed by atoms with Gasteiger partial charge in [0.15, 0.2) is 0 Å². The van der Waals surface area contributed by atoms with Gasteiger partial charge < -0.3 is 60.5 Å². The van der Waals surface area contributed by atoms with Gasteiger partial charge in [-0.05, 0) is 80.1 Å². The van der Waals surface area contributed by atoms with Crippen molar-refractivity contribution in [2.45, 2.75) is 200 Å². The monoisotopic (exact) mass is 974 g/mol. The number of hydrogen-bond donors (Lipinski definition) is 6. The van der Waals surface area contributed by atoms with E-state index < -0.39 is 35.2 Å². The van der Waals surface area contributed by atoms with Crippen LogP contribution in [0.1, 0.15) is 176 Å². The van der Waals surface area contributed by atoms with Crippen molar-refractivity contribution in [2.24, 2.45) is 5.73 Å². The van der Waals surface area contributed by atoms with E-state index in [2.05, 4.69) is 21.3 Å². The van der Waals surface area contributed by atoms with Gasteiger partial charge in [-0.25, -0.2) is 4.79 Å². The quantitative estimate of drug-likeness (QED) is 0.0340. The summed E-state index contributed by atoms with van der Waals surface area (Å²) < 4.78 is 32.3. The van der Waals surface area contributed by atoms with E-state index in [-0.39, 0.29) is 108 Å². The summed E-state index contributed by atoms with van der Waals surface area (Å²) in [6, 6.07) is -1.84. The summed E-state index contributed by atoms with van der Waals surface area (Å²) in [6.45, 7) is 12.8. The molecule has 0 aliphatic rings. The highest BCUT2D eigenvalue weighted by molar-refractivity contribution is 5.85. The molecule has 0 spiro atoms. The minimum absolute atomic E-state index is 0.00897. The molecule has 0 aromatic heterocycles. The topological polar surface area (TPSA) is 269 Å². The molecule has 0 saturated heterocycles. The van der Waals surface area contributed by atoms with Gasteiger partial charge in [-0.3, -0.25) is 28.8 Å². The van der Waals surface area contributed by atoms with Gasteiger partial charge in [-0.1, -0.05) is 77.0 Å². The lowest BCUT2D eigenvalue weighted by Crippen LogP contribution is -2.44. The Balaban J connectivity index is 3.95. The number of carbonyl (C=O) groups is 7. The van der Waals surface area contributed by atoms with Gasteiger partial charge in [0.25, 0.3) is 0 Å². The number of carboxylic acids is 1. The van der Waals surface area contributed by atoms with E-state index in [1.165, 1.54) is 44.9 Å². The van der Waals surface area contributed by atoms with E-state index in [0.717, 1.165) is 44.9 Å². The van der Waals surface area contributed by atoms with Crippen molar-refractivity contribution in [2.75, 3.05) is 72.5 Å². The minimum atomic E-state index is -1.04. The molecular weight excluding hydrogens is 883 g/mol. The molecule has 0 radical (unpaired) electrons. The highest BCUT2D eigenvalue weighted by Crippen LogP contribution is 2.16. The Bertz CT molecular complexity index is 1390. The lowest BCUT2D eigenvalue weighted by molar-refractivity contribution is -0.159. The Morgan fingerprint density at radius 3 is 1.35 bits per heavy atom. The second-order valence-corrected chi connectivity index (χ2v) is 19.0. The summed E-state index contributed by atoms with van der Waals surface area (Å²) in [7, 11) is 0. The van der Waals surface area contributed by atoms with Crippen LogP contribution in [-0.4, -0.2) is 142 Å². The molecule has 2 atom stereocenters. The molecule has 0 aliphatic carbocycles. The predicted octanol–water partition coefficient (Wildman–Crippen LogP) is 5.17. The molecule has 0 rings (SSSR count). The van der Waals surface area contributed by atoms with Crippen molar-refractivity contribution in [1.29, 1.82) is 0 Å². The minimum Gasteiger partial charge on any atom is -0.480 e. The number of nitrogens with one attached hydrogen (secondary N) is 4. The van der Waals surface area contributed by atoms with E-state index in [4.69, 9.17) is 39.3 Å². The molecule has 396 valence electrons. The van der Waals surface area contributed by atoms with Crippen molar-refractivity contribution >= 4 is 41.5 Å². The zero-order valence-corrected chi connectivity index (χ0v) is 42.6. The molecule has 19 heteroatoms. The Labute approximate surface area is 406 Å². The van der Waals surface area contributed by atoms with Crippen LogP contribution in [0.5, 0.6) is 0 Å². The summed E-state index contributed by atoms with van der Waals surface area (Å²) >= 11 is 0. The van der Waals surface area contributed by atoms with Crippen molar-refractivity contribution in [3.63, 3.8) is 0 Å². The largest absolute Gasteiger partial charge is 0.480 e. The van der Waals surface area contributed by atoms with Gasteiger partial charge in [0.2, 0.25) is 23.6 Å². The van der Waals surface area contributed by atoms with Gasteiger partial charge in [-0.2, -0.15) is 0 Å². The number of carbonyl (C=O) groups excluding carboxylic acids is 6. The zero-order chi connectivity index (χ0) is 50.9. The summed E-state index contributed by atoms with van der Waals surface area (Å²) in [5.74, 6) is -2.86. The van der Waals surface area contributed by atoms with Crippen molar-refractivity contribution < 1.29 is 67.1 Å². The highest BCUT2D eigenvalue weighted by atomic mass is 16.6. The maximum atomic E-state index is 12.9. The molecule has 0 aromatic carbocycles. The average Bonchev–Trinajstić information content (AvgIpc) is 3.25. The molecule has 0 aromatic rings. The summed E-state index contributed by atoms with van der Waals surface area (Å²) in [5, 5.41) is 19.6. The second kappa shape index (κ2) is 40.9. The average molecular weight is 974 g/mol. The maximum Gasteiger partial charge on any atom is 0.329 e. The third-order valence-corrected chi connectivity index (χ3v) is 10.1. The van der Waals surface area contributed by atoms with Gasteiger partial charge in [0, 0.05) is 38.9 Å². The van der Waals surface area contributed by atoms with Crippen LogP contribution in [0.25, 0.3) is 0 Å². The number of carboxylic acid groups (broad SMARTS) is 1. The summed E-state index contributed by atoms with van der Waals surface area (Å²) in [6.07, 6.45) is 18.1. The fraction of sp³-hybridized carbons (Fsp3) is 0.857. The number of esters is 2. The number of rotatable bonds is 44. The third-order valence-electron chi connectivity index (χ3n) is 10.1. The van der Waals surface area contributed by atoms with Gasteiger partial charge in [0.05, 0.1) is 39.6 Å². The number of hydrogen-bond acceptors (Lipinski definition) is 14. The van der Waals surface area contributed by atoms with E-state index in [1.54, 1.807) is 20.8 Å². The summed E-state index contributed by atoms with van der Waals surface area (Å²) in [4.78, 5) is 84.4. The van der Waals surface area contributed by atoms with Crippen LogP contribution in [-0.2, 0) is 62.0 Å². The van der Waals surface area contributed by atoms with Crippen LogP contribution in [0.15, 0.2) is 0 Å². The lowest BCUT2D eigenvalue weighted by atomic mass is 10.0. The van der Waals surface area contributed by atoms with E-state index in [0.29, 0.717) is 38.6 Å². The van der Waals surface area contributed by atoms with Crippen molar-refractivity contribution in [3.8, 4) is 0 Å². The first-order valence-corrected chi connectivity index (χ1v) is 25.1. The van der Waals surface area contributed by atoms with Crippen LogP contribution in [0.4, 0.5) is 0 Å². The standard InChI is InChI=1S/C49H91N5O14/c1-48(2,3)67-45(59)25-20-18-16-14-12-10-8-7-9-11-13-15-17-19-24-42(56)54-40(47(62)68-49(4,5)6)26-27-41(55)52-29-31-63-33-36-66-38-44(58)53-30-32-64-34-35-65-37-43(57)51-28-22-21-23-39(50)46(60)61/h39-40H,7-38,50H2,1-6H3,(H,51,57)(H,52,55)(H,53,58)(H,54,56)(H,60,61)/t39-,40-/m0/s1. The number of unbranched alkanes of at least 4 members (excludes halogenated alkanes) is 14. The first-order valence-electron chi connectivity index (χ1n) is 25.1. The smallest absolute Gasteiger partial charge is 0.329 e. The molecule has 68 heavy (non-hydrogen) atoms. The van der Waals surface area contributed by atoms with Crippen LogP contribution in [0.2, 0.25) is 0 Å². The molecule has 0 unspecified atom stereocenters. The number of nitrogens with two attached hydrogens (primary N) is 1. The molecular formula is C49H91N5O14. The van der Waals surface area contributed by atoms with Crippen LogP contribution < -0.4 is 27.0 Å². The predicted molar refractivity (Wildman–Crippen MR) is 258 cm³/mol. The van der Waals surface area contributed by atoms with Gasteiger partial charge >= 0.3 is 17.9 Å². The maximum absolute atomic E-state index is 12.9. The molecule has 0 fully saturated rings.